The molecule has 0 saturated heterocycles. The lowest BCUT2D eigenvalue weighted by atomic mass is 10.0. The number of hydrogen-bond acceptors (Lipinski definition) is 4. The summed E-state index contributed by atoms with van der Waals surface area (Å²) in [6.45, 7) is 0. The van der Waals surface area contributed by atoms with Gasteiger partial charge in [0.1, 0.15) is 0 Å². The number of nitrogens with two attached hydrogens (primary N) is 1. The molecule has 0 aromatic heterocycles. The Hall–Kier alpha value is -1.32. The van der Waals surface area contributed by atoms with E-state index in [1.54, 1.807) is 0 Å². The van der Waals surface area contributed by atoms with Gasteiger partial charge in [0.25, 0.3) is 9.84 Å². The lowest BCUT2D eigenvalue weighted by molar-refractivity contribution is -0.120. The summed E-state index contributed by atoms with van der Waals surface area (Å²) in [5, 5.41) is 2.43. The van der Waals surface area contributed by atoms with Gasteiger partial charge in [-0.25, -0.2) is 8.42 Å². The summed E-state index contributed by atoms with van der Waals surface area (Å²) in [6.07, 6.45) is 2.12. The van der Waals surface area contributed by atoms with Crippen molar-refractivity contribution in [2.75, 3.05) is 5.32 Å². The Bertz CT molecular complexity index is 679. The largest absolute Gasteiger partial charge is 0.501 e. The second-order valence-electron chi connectivity index (χ2n) is 5.17. The number of hydrogen-bond donors (Lipinski definition) is 2. The maximum absolute atomic E-state index is 12.5. The number of amides is 1. The molecule has 0 unspecified atom stereocenters. The number of benzene rings is 1. The molecule has 2 atom stereocenters. The van der Waals surface area contributed by atoms with Crippen molar-refractivity contribution in [3.63, 3.8) is 0 Å². The lowest BCUT2D eigenvalue weighted by Crippen LogP contribution is -2.34. The van der Waals surface area contributed by atoms with Crippen molar-refractivity contribution in [3.05, 3.63) is 24.3 Å². The molecule has 1 amide bonds. The standard InChI is InChI=1S/C13H15F3N2O3S.ClH/c14-13(15,16)22(20,21)9-4-1-3-8(7-9)18-12(19)10-5-2-6-11(10)17;/h1,3-4,7,10-11H,2,5-6,17H2,(H,18,19);1H/t10-,11+;/m1./s1. The zero-order valence-electron chi connectivity index (χ0n) is 11.8. The van der Waals surface area contributed by atoms with Gasteiger partial charge in [-0.2, -0.15) is 13.2 Å². The first-order valence-corrected chi connectivity index (χ1v) is 8.09. The summed E-state index contributed by atoms with van der Waals surface area (Å²) in [5.41, 5.74) is 0.394. The van der Waals surface area contributed by atoms with Crippen LogP contribution in [0.1, 0.15) is 19.3 Å². The van der Waals surface area contributed by atoms with E-state index in [9.17, 15) is 26.4 Å². The molecule has 1 aromatic rings. The molecule has 3 N–H and O–H groups in total. The van der Waals surface area contributed by atoms with Crippen LogP contribution in [0.15, 0.2) is 29.2 Å². The number of rotatable bonds is 3. The fraction of sp³-hybridized carbons (Fsp3) is 0.462. The van der Waals surface area contributed by atoms with Crippen LogP contribution in [-0.2, 0) is 14.6 Å². The maximum atomic E-state index is 12.5. The van der Waals surface area contributed by atoms with Crippen LogP contribution in [0.25, 0.3) is 0 Å². The van der Waals surface area contributed by atoms with E-state index < -0.39 is 32.1 Å². The summed E-state index contributed by atoms with van der Waals surface area (Å²) in [7, 11) is -5.44. The van der Waals surface area contributed by atoms with Gasteiger partial charge in [-0.3, -0.25) is 4.79 Å². The predicted octanol–water partition coefficient (Wildman–Crippen LogP) is 2.47. The molecule has 0 heterocycles. The van der Waals surface area contributed by atoms with Crippen LogP contribution in [0.5, 0.6) is 0 Å². The van der Waals surface area contributed by atoms with Gasteiger partial charge < -0.3 is 11.1 Å². The Morgan fingerprint density at radius 2 is 1.91 bits per heavy atom. The second-order valence-corrected chi connectivity index (χ2v) is 7.11. The van der Waals surface area contributed by atoms with Crippen molar-refractivity contribution in [1.82, 2.24) is 0 Å². The van der Waals surface area contributed by atoms with Crippen molar-refractivity contribution in [3.8, 4) is 0 Å². The molecular formula is C13H16ClF3N2O3S. The molecule has 1 aliphatic rings. The normalized spacial score (nSPS) is 21.6. The van der Waals surface area contributed by atoms with Crippen molar-refractivity contribution in [1.29, 1.82) is 0 Å². The van der Waals surface area contributed by atoms with Gasteiger partial charge in [0, 0.05) is 11.7 Å². The van der Waals surface area contributed by atoms with Crippen molar-refractivity contribution >= 4 is 33.8 Å². The van der Waals surface area contributed by atoms with Gasteiger partial charge in [-0.05, 0) is 31.0 Å². The first kappa shape index (κ1) is 19.7. The smallest absolute Gasteiger partial charge is 0.327 e. The fourth-order valence-electron chi connectivity index (χ4n) is 2.42. The SMILES string of the molecule is Cl.N[C@H]1CCC[C@H]1C(=O)Nc1cccc(S(=O)(=O)C(F)(F)F)c1. The minimum Gasteiger partial charge on any atom is -0.327 e. The van der Waals surface area contributed by atoms with E-state index in [4.69, 9.17) is 5.73 Å². The Balaban J connectivity index is 0.00000264. The minimum absolute atomic E-state index is 0. The first-order chi connectivity index (χ1) is 10.1. The Kier molecular flexibility index (Phi) is 6.06. The third-order valence-electron chi connectivity index (χ3n) is 3.62. The molecule has 0 aliphatic heterocycles. The molecular weight excluding hydrogens is 357 g/mol. The van der Waals surface area contributed by atoms with Crippen LogP contribution >= 0.6 is 12.4 Å². The monoisotopic (exact) mass is 372 g/mol. The highest BCUT2D eigenvalue weighted by atomic mass is 35.5. The Labute approximate surface area is 137 Å². The highest BCUT2D eigenvalue weighted by Crippen LogP contribution is 2.31. The predicted molar refractivity (Wildman–Crippen MR) is 80.9 cm³/mol. The van der Waals surface area contributed by atoms with Crippen molar-refractivity contribution in [2.24, 2.45) is 11.7 Å². The van der Waals surface area contributed by atoms with E-state index in [1.165, 1.54) is 6.07 Å². The molecule has 0 radical (unpaired) electrons. The zero-order chi connectivity index (χ0) is 16.5. The van der Waals surface area contributed by atoms with Crippen LogP contribution in [-0.4, -0.2) is 25.9 Å². The minimum atomic E-state index is -5.44. The molecule has 1 saturated carbocycles. The van der Waals surface area contributed by atoms with Crippen LogP contribution in [0.3, 0.4) is 0 Å². The van der Waals surface area contributed by atoms with Gasteiger partial charge >= 0.3 is 5.51 Å². The molecule has 0 bridgehead atoms. The van der Waals surface area contributed by atoms with E-state index in [0.29, 0.717) is 12.8 Å². The number of carbonyl (C=O) groups is 1. The number of sulfone groups is 1. The summed E-state index contributed by atoms with van der Waals surface area (Å²) >= 11 is 0. The quantitative estimate of drug-likeness (QED) is 0.853. The molecule has 1 fully saturated rings. The fourth-order valence-corrected chi connectivity index (χ4v) is 3.23. The third kappa shape index (κ3) is 4.15. The molecule has 5 nitrogen and oxygen atoms in total. The van der Waals surface area contributed by atoms with Crippen molar-refractivity contribution in [2.45, 2.75) is 35.7 Å². The first-order valence-electron chi connectivity index (χ1n) is 6.61. The number of anilines is 1. The molecule has 1 aromatic carbocycles. The van der Waals surface area contributed by atoms with Crippen LogP contribution in [0.2, 0.25) is 0 Å². The second kappa shape index (κ2) is 7.06. The summed E-state index contributed by atoms with van der Waals surface area (Å²) in [6, 6.07) is 3.81. The molecule has 130 valence electrons. The number of alkyl halides is 3. The Morgan fingerprint density at radius 3 is 2.43 bits per heavy atom. The van der Waals surface area contributed by atoms with E-state index in [0.717, 1.165) is 24.6 Å². The summed E-state index contributed by atoms with van der Waals surface area (Å²) in [5.74, 6) is -0.825. The third-order valence-corrected chi connectivity index (χ3v) is 5.11. The average Bonchev–Trinajstić information content (AvgIpc) is 2.84. The molecule has 0 spiro atoms. The topological polar surface area (TPSA) is 89.3 Å². The van der Waals surface area contributed by atoms with Gasteiger partial charge in [0.15, 0.2) is 0 Å². The molecule has 1 aliphatic carbocycles. The van der Waals surface area contributed by atoms with Gasteiger partial charge in [0.2, 0.25) is 5.91 Å². The number of halogens is 4. The van der Waals surface area contributed by atoms with Crippen LogP contribution in [0.4, 0.5) is 18.9 Å². The highest BCUT2D eigenvalue weighted by molar-refractivity contribution is 7.92. The molecule has 23 heavy (non-hydrogen) atoms. The maximum Gasteiger partial charge on any atom is 0.501 e. The van der Waals surface area contributed by atoms with Crippen molar-refractivity contribution < 1.29 is 26.4 Å². The molecule has 2 rings (SSSR count). The van der Waals surface area contributed by atoms with E-state index in [2.05, 4.69) is 5.32 Å². The molecule has 10 heteroatoms. The number of carbonyl (C=O) groups excluding carboxylic acids is 1. The zero-order valence-corrected chi connectivity index (χ0v) is 13.5. The number of nitrogens with one attached hydrogen (secondary N) is 1. The average molecular weight is 373 g/mol. The van der Waals surface area contributed by atoms with Gasteiger partial charge in [0.05, 0.1) is 10.8 Å². The highest BCUT2D eigenvalue weighted by Gasteiger charge is 2.46. The lowest BCUT2D eigenvalue weighted by Gasteiger charge is -2.15. The van der Waals surface area contributed by atoms with Crippen LogP contribution in [0, 0.1) is 5.92 Å². The summed E-state index contributed by atoms with van der Waals surface area (Å²) in [4.78, 5) is 11.1. The van der Waals surface area contributed by atoms with Gasteiger partial charge in [-0.15, -0.1) is 12.4 Å². The summed E-state index contributed by atoms with van der Waals surface area (Å²) < 4.78 is 60.2. The van der Waals surface area contributed by atoms with Gasteiger partial charge in [-0.1, -0.05) is 12.5 Å². The van der Waals surface area contributed by atoms with E-state index >= 15 is 0 Å². The van der Waals surface area contributed by atoms with Crippen LogP contribution < -0.4 is 11.1 Å². The van der Waals surface area contributed by atoms with E-state index in [-0.39, 0.29) is 24.1 Å². The Morgan fingerprint density at radius 1 is 1.26 bits per heavy atom. The van der Waals surface area contributed by atoms with E-state index in [1.807, 2.05) is 0 Å².